The first-order valence-corrected chi connectivity index (χ1v) is 9.00. The predicted octanol–water partition coefficient (Wildman–Crippen LogP) is 2.62. The molecule has 0 unspecified atom stereocenters. The van der Waals surface area contributed by atoms with Gasteiger partial charge in [-0.3, -0.25) is 4.79 Å². The second-order valence-corrected chi connectivity index (χ2v) is 7.00. The number of halogens is 3. The number of alkyl halides is 3. The van der Waals surface area contributed by atoms with Gasteiger partial charge in [0.25, 0.3) is 0 Å². The maximum absolute atomic E-state index is 12.8. The number of piperidine rings is 1. The van der Waals surface area contributed by atoms with Gasteiger partial charge in [-0.25, -0.2) is 9.97 Å². The number of carbonyl (C=O) groups excluding carboxylic acids is 1. The minimum Gasteiger partial charge on any atom is -0.357 e. The van der Waals surface area contributed by atoms with Crippen molar-refractivity contribution in [1.29, 1.82) is 0 Å². The van der Waals surface area contributed by atoms with E-state index in [1.807, 2.05) is 9.80 Å². The van der Waals surface area contributed by atoms with Gasteiger partial charge < -0.3 is 14.8 Å². The Morgan fingerprint density at radius 3 is 2.59 bits per heavy atom. The smallest absolute Gasteiger partial charge is 0.357 e. The zero-order valence-electron chi connectivity index (χ0n) is 14.7. The number of hydrogen-bond donors (Lipinski definition) is 1. The van der Waals surface area contributed by atoms with Crippen molar-refractivity contribution in [2.24, 2.45) is 5.92 Å². The number of hydrogen-bond acceptors (Lipinski definition) is 4. The molecule has 9 heteroatoms. The molecule has 1 N–H and O–H groups in total. The highest BCUT2D eigenvalue weighted by atomic mass is 19.4. The largest absolute Gasteiger partial charge is 0.417 e. The standard InChI is InChI=1S/C18H20F3N5O/c19-18(20,21)13-1-2-16(22-9-13)25-6-3-12(4-7-25)17(27)26-8-5-14-15(10-26)24-11-23-14/h1-2,9,11-12H,3-8,10H2,(H,23,24). The first-order valence-electron chi connectivity index (χ1n) is 9.00. The molecule has 6 nitrogen and oxygen atoms in total. The minimum atomic E-state index is -4.38. The fraction of sp³-hybridized carbons (Fsp3) is 0.500. The lowest BCUT2D eigenvalue weighted by molar-refractivity contribution is -0.138. The molecule has 1 amide bonds. The van der Waals surface area contributed by atoms with Crippen molar-refractivity contribution < 1.29 is 18.0 Å². The Morgan fingerprint density at radius 2 is 1.93 bits per heavy atom. The number of H-pyrrole nitrogens is 1. The fourth-order valence-electron chi connectivity index (χ4n) is 3.76. The van der Waals surface area contributed by atoms with Crippen LogP contribution in [0.15, 0.2) is 24.7 Å². The van der Waals surface area contributed by atoms with Gasteiger partial charge in [-0.15, -0.1) is 0 Å². The number of aromatic amines is 1. The highest BCUT2D eigenvalue weighted by Crippen LogP contribution is 2.30. The molecule has 4 rings (SSSR count). The van der Waals surface area contributed by atoms with E-state index >= 15 is 0 Å². The third kappa shape index (κ3) is 3.63. The van der Waals surface area contributed by atoms with E-state index in [0.717, 1.165) is 30.1 Å². The summed E-state index contributed by atoms with van der Waals surface area (Å²) in [6.45, 7) is 2.46. The predicted molar refractivity (Wildman–Crippen MR) is 91.9 cm³/mol. The lowest BCUT2D eigenvalue weighted by atomic mass is 9.94. The van der Waals surface area contributed by atoms with E-state index in [0.29, 0.717) is 44.8 Å². The van der Waals surface area contributed by atoms with Gasteiger partial charge in [0.1, 0.15) is 5.82 Å². The van der Waals surface area contributed by atoms with Crippen LogP contribution >= 0.6 is 0 Å². The van der Waals surface area contributed by atoms with Crippen LogP contribution in [-0.4, -0.2) is 45.4 Å². The van der Waals surface area contributed by atoms with Crippen molar-refractivity contribution in [2.45, 2.75) is 32.0 Å². The zero-order chi connectivity index (χ0) is 19.0. The van der Waals surface area contributed by atoms with Crippen molar-refractivity contribution in [2.75, 3.05) is 24.5 Å². The number of imidazole rings is 1. The second-order valence-electron chi connectivity index (χ2n) is 7.00. The Kier molecular flexibility index (Phi) is 4.53. The Balaban J connectivity index is 1.34. The van der Waals surface area contributed by atoms with Crippen LogP contribution in [-0.2, 0) is 23.9 Å². The molecular weight excluding hydrogens is 359 g/mol. The van der Waals surface area contributed by atoms with Gasteiger partial charge in [-0.2, -0.15) is 13.2 Å². The van der Waals surface area contributed by atoms with Crippen LogP contribution in [0, 0.1) is 5.92 Å². The maximum Gasteiger partial charge on any atom is 0.417 e. The number of amides is 1. The van der Waals surface area contributed by atoms with Gasteiger partial charge in [0, 0.05) is 38.2 Å². The summed E-state index contributed by atoms with van der Waals surface area (Å²) < 4.78 is 37.9. The molecule has 2 aromatic rings. The number of anilines is 1. The van der Waals surface area contributed by atoms with Gasteiger partial charge in [-0.05, 0) is 25.0 Å². The number of fused-ring (bicyclic) bond motifs is 1. The molecule has 2 aliphatic heterocycles. The Labute approximate surface area is 154 Å². The number of carbonyl (C=O) groups is 1. The quantitative estimate of drug-likeness (QED) is 0.871. The van der Waals surface area contributed by atoms with Crippen LogP contribution < -0.4 is 4.90 Å². The molecule has 0 bridgehead atoms. The molecule has 0 radical (unpaired) electrons. The summed E-state index contributed by atoms with van der Waals surface area (Å²) in [6.07, 6.45) is 0.255. The first kappa shape index (κ1) is 17.8. The van der Waals surface area contributed by atoms with Crippen molar-refractivity contribution in [3.8, 4) is 0 Å². The molecule has 27 heavy (non-hydrogen) atoms. The number of aromatic nitrogens is 3. The molecular formula is C18H20F3N5O. The van der Waals surface area contributed by atoms with E-state index in [9.17, 15) is 18.0 Å². The minimum absolute atomic E-state index is 0.0554. The second kappa shape index (κ2) is 6.86. The Bertz CT molecular complexity index is 809. The summed E-state index contributed by atoms with van der Waals surface area (Å²) in [5.41, 5.74) is 1.28. The summed E-state index contributed by atoms with van der Waals surface area (Å²) in [5.74, 6) is 0.615. The van der Waals surface area contributed by atoms with Crippen LogP contribution in [0.5, 0.6) is 0 Å². The fourth-order valence-corrected chi connectivity index (χ4v) is 3.76. The van der Waals surface area contributed by atoms with Crippen LogP contribution in [0.2, 0.25) is 0 Å². The Morgan fingerprint density at radius 1 is 1.15 bits per heavy atom. The first-order chi connectivity index (χ1) is 12.9. The number of nitrogens with one attached hydrogen (secondary N) is 1. The number of pyridine rings is 1. The van der Waals surface area contributed by atoms with E-state index < -0.39 is 11.7 Å². The average molecular weight is 379 g/mol. The van der Waals surface area contributed by atoms with Crippen molar-refractivity contribution in [1.82, 2.24) is 19.9 Å². The van der Waals surface area contributed by atoms with E-state index in [4.69, 9.17) is 0 Å². The van der Waals surface area contributed by atoms with Gasteiger partial charge in [0.15, 0.2) is 0 Å². The third-order valence-electron chi connectivity index (χ3n) is 5.33. The van der Waals surface area contributed by atoms with Crippen LogP contribution in [0.4, 0.5) is 19.0 Å². The third-order valence-corrected chi connectivity index (χ3v) is 5.33. The summed E-state index contributed by atoms with van der Waals surface area (Å²) in [4.78, 5) is 27.9. The molecule has 1 fully saturated rings. The summed E-state index contributed by atoms with van der Waals surface area (Å²) in [7, 11) is 0. The van der Waals surface area contributed by atoms with E-state index in [2.05, 4.69) is 15.0 Å². The molecule has 0 spiro atoms. The molecule has 144 valence electrons. The van der Waals surface area contributed by atoms with Crippen molar-refractivity contribution in [3.05, 3.63) is 41.6 Å². The van der Waals surface area contributed by atoms with Gasteiger partial charge in [-0.1, -0.05) is 0 Å². The monoisotopic (exact) mass is 379 g/mol. The van der Waals surface area contributed by atoms with Crippen LogP contribution in [0.3, 0.4) is 0 Å². The number of nitrogens with zero attached hydrogens (tertiary/aromatic N) is 4. The van der Waals surface area contributed by atoms with Crippen LogP contribution in [0.25, 0.3) is 0 Å². The van der Waals surface area contributed by atoms with Crippen LogP contribution in [0.1, 0.15) is 29.8 Å². The maximum atomic E-state index is 12.8. The average Bonchev–Trinajstić information content (AvgIpc) is 3.15. The lowest BCUT2D eigenvalue weighted by Gasteiger charge is -2.35. The molecule has 0 saturated carbocycles. The molecule has 1 saturated heterocycles. The van der Waals surface area contributed by atoms with E-state index in [1.54, 1.807) is 6.33 Å². The summed E-state index contributed by atoms with van der Waals surface area (Å²) >= 11 is 0. The van der Waals surface area contributed by atoms with Gasteiger partial charge in [0.2, 0.25) is 5.91 Å². The highest BCUT2D eigenvalue weighted by molar-refractivity contribution is 5.79. The summed E-state index contributed by atoms with van der Waals surface area (Å²) in [5, 5.41) is 0. The molecule has 2 aliphatic rings. The summed E-state index contributed by atoms with van der Waals surface area (Å²) in [6, 6.07) is 2.45. The molecule has 2 aromatic heterocycles. The number of rotatable bonds is 2. The molecule has 0 aromatic carbocycles. The lowest BCUT2D eigenvalue weighted by Crippen LogP contribution is -2.44. The molecule has 0 aliphatic carbocycles. The van der Waals surface area contributed by atoms with Crippen molar-refractivity contribution >= 4 is 11.7 Å². The normalized spacial score (nSPS) is 18.5. The zero-order valence-corrected chi connectivity index (χ0v) is 14.7. The van der Waals surface area contributed by atoms with Gasteiger partial charge in [0.05, 0.1) is 29.8 Å². The topological polar surface area (TPSA) is 65.1 Å². The van der Waals surface area contributed by atoms with Gasteiger partial charge >= 0.3 is 6.18 Å². The molecule has 4 heterocycles. The van der Waals surface area contributed by atoms with Crippen molar-refractivity contribution in [3.63, 3.8) is 0 Å². The van der Waals surface area contributed by atoms with E-state index in [1.165, 1.54) is 6.07 Å². The highest BCUT2D eigenvalue weighted by Gasteiger charge is 2.33. The SMILES string of the molecule is O=C(C1CCN(c2ccc(C(F)(F)F)cn2)CC1)N1CCc2nc[nH]c2C1. The Hall–Kier alpha value is -2.58. The van der Waals surface area contributed by atoms with E-state index in [-0.39, 0.29) is 11.8 Å². The molecule has 0 atom stereocenters.